The van der Waals surface area contributed by atoms with Crippen molar-refractivity contribution in [3.8, 4) is 0 Å². The van der Waals surface area contributed by atoms with Crippen molar-refractivity contribution in [2.24, 2.45) is 5.73 Å². The second kappa shape index (κ2) is 5.52. The Morgan fingerprint density at radius 1 is 1.47 bits per heavy atom. The standard InChI is InChI=1S/C11H16F2N2O4/c1-19-8(16)10(4-2-3-5-14)6-11(12,13)7-15(10)9(17)18/h2-3H,4-7,14H2,1H3,(H,17,18)/b3-2-. The third kappa shape index (κ3) is 3.01. The molecule has 0 aliphatic carbocycles. The molecule has 0 aromatic heterocycles. The van der Waals surface area contributed by atoms with Gasteiger partial charge in [-0.25, -0.2) is 18.4 Å². The fourth-order valence-corrected chi connectivity index (χ4v) is 2.23. The van der Waals surface area contributed by atoms with E-state index in [0.717, 1.165) is 7.11 Å². The number of nitrogens with zero attached hydrogens (tertiary/aromatic N) is 1. The maximum absolute atomic E-state index is 13.5. The normalized spacial score (nSPS) is 25.8. The number of hydrogen-bond donors (Lipinski definition) is 2. The third-order valence-electron chi connectivity index (χ3n) is 3.01. The molecule has 1 aliphatic heterocycles. The lowest BCUT2D eigenvalue weighted by molar-refractivity contribution is -0.152. The Morgan fingerprint density at radius 3 is 2.58 bits per heavy atom. The van der Waals surface area contributed by atoms with Gasteiger partial charge in [0.1, 0.15) is 0 Å². The molecule has 0 spiro atoms. The second-order valence-electron chi connectivity index (χ2n) is 4.34. The van der Waals surface area contributed by atoms with Crippen molar-refractivity contribution in [3.63, 3.8) is 0 Å². The van der Waals surface area contributed by atoms with Gasteiger partial charge in [-0.1, -0.05) is 12.2 Å². The van der Waals surface area contributed by atoms with Crippen LogP contribution in [0.2, 0.25) is 0 Å². The molecule has 1 rings (SSSR count). The highest BCUT2D eigenvalue weighted by Crippen LogP contribution is 2.42. The number of amides is 1. The molecule has 108 valence electrons. The summed E-state index contributed by atoms with van der Waals surface area (Å²) in [7, 11) is 1.03. The Morgan fingerprint density at radius 2 is 2.11 bits per heavy atom. The number of rotatable bonds is 4. The summed E-state index contributed by atoms with van der Waals surface area (Å²) < 4.78 is 31.5. The van der Waals surface area contributed by atoms with Gasteiger partial charge in [-0.2, -0.15) is 0 Å². The van der Waals surface area contributed by atoms with Crippen molar-refractivity contribution in [2.75, 3.05) is 20.2 Å². The number of methoxy groups -OCH3 is 1. The van der Waals surface area contributed by atoms with Crippen LogP contribution in [0.25, 0.3) is 0 Å². The van der Waals surface area contributed by atoms with E-state index in [-0.39, 0.29) is 13.0 Å². The zero-order chi connectivity index (χ0) is 14.7. The van der Waals surface area contributed by atoms with Gasteiger partial charge in [0.25, 0.3) is 5.92 Å². The molecule has 1 saturated heterocycles. The van der Waals surface area contributed by atoms with E-state index in [1.54, 1.807) is 0 Å². The molecule has 0 aromatic carbocycles. The summed E-state index contributed by atoms with van der Waals surface area (Å²) in [6.45, 7) is -0.853. The lowest BCUT2D eigenvalue weighted by Crippen LogP contribution is -2.53. The average Bonchev–Trinajstić information content (AvgIpc) is 2.61. The van der Waals surface area contributed by atoms with Crippen LogP contribution in [0.5, 0.6) is 0 Å². The maximum atomic E-state index is 13.5. The topological polar surface area (TPSA) is 92.9 Å². The largest absolute Gasteiger partial charge is 0.467 e. The summed E-state index contributed by atoms with van der Waals surface area (Å²) >= 11 is 0. The average molecular weight is 278 g/mol. The molecule has 1 unspecified atom stereocenters. The summed E-state index contributed by atoms with van der Waals surface area (Å²) in [5, 5.41) is 9.02. The number of nitrogens with two attached hydrogens (primary N) is 1. The van der Waals surface area contributed by atoms with Crippen LogP contribution in [0.15, 0.2) is 12.2 Å². The number of carbonyl (C=O) groups is 2. The van der Waals surface area contributed by atoms with Crippen molar-refractivity contribution in [1.82, 2.24) is 4.90 Å². The molecule has 6 nitrogen and oxygen atoms in total. The molecular formula is C11H16F2N2O4. The van der Waals surface area contributed by atoms with Crippen molar-refractivity contribution in [3.05, 3.63) is 12.2 Å². The molecule has 1 atom stereocenters. The monoisotopic (exact) mass is 278 g/mol. The highest BCUT2D eigenvalue weighted by molar-refractivity contribution is 5.86. The zero-order valence-electron chi connectivity index (χ0n) is 10.4. The summed E-state index contributed by atoms with van der Waals surface area (Å²) in [6.07, 6.45) is 0.214. The number of carbonyl (C=O) groups excluding carboxylic acids is 1. The lowest BCUT2D eigenvalue weighted by atomic mass is 9.91. The van der Waals surface area contributed by atoms with Crippen LogP contribution in [-0.2, 0) is 9.53 Å². The first-order valence-corrected chi connectivity index (χ1v) is 5.61. The van der Waals surface area contributed by atoms with Crippen molar-refractivity contribution in [2.45, 2.75) is 24.3 Å². The quantitative estimate of drug-likeness (QED) is 0.586. The molecule has 19 heavy (non-hydrogen) atoms. The molecule has 1 heterocycles. The minimum Gasteiger partial charge on any atom is -0.467 e. The van der Waals surface area contributed by atoms with E-state index in [1.807, 2.05) is 0 Å². The summed E-state index contributed by atoms with van der Waals surface area (Å²) in [5.74, 6) is -4.25. The lowest BCUT2D eigenvalue weighted by Gasteiger charge is -2.32. The first-order valence-electron chi connectivity index (χ1n) is 5.61. The maximum Gasteiger partial charge on any atom is 0.408 e. The molecule has 1 amide bonds. The van der Waals surface area contributed by atoms with E-state index < -0.39 is 36.5 Å². The van der Waals surface area contributed by atoms with Crippen LogP contribution >= 0.6 is 0 Å². The van der Waals surface area contributed by atoms with Gasteiger partial charge in [0.2, 0.25) is 0 Å². The number of alkyl halides is 2. The predicted octanol–water partition coefficient (Wildman–Crippen LogP) is 0.822. The van der Waals surface area contributed by atoms with Crippen LogP contribution < -0.4 is 5.73 Å². The fourth-order valence-electron chi connectivity index (χ4n) is 2.23. The van der Waals surface area contributed by atoms with E-state index >= 15 is 0 Å². The summed E-state index contributed by atoms with van der Waals surface area (Å²) in [4.78, 5) is 23.3. The molecule has 0 saturated carbocycles. The van der Waals surface area contributed by atoms with Gasteiger partial charge in [0.15, 0.2) is 5.54 Å². The molecule has 0 radical (unpaired) electrons. The SMILES string of the molecule is COC(=O)C1(C/C=C\CN)CC(F)(F)CN1C(=O)O. The molecule has 0 bridgehead atoms. The number of esters is 1. The van der Waals surface area contributed by atoms with Crippen LogP contribution in [0.1, 0.15) is 12.8 Å². The molecule has 3 N–H and O–H groups in total. The number of hydrogen-bond acceptors (Lipinski definition) is 4. The van der Waals surface area contributed by atoms with Gasteiger partial charge >= 0.3 is 12.1 Å². The highest BCUT2D eigenvalue weighted by Gasteiger charge is 2.61. The minimum atomic E-state index is -3.26. The van der Waals surface area contributed by atoms with E-state index in [0.29, 0.717) is 4.90 Å². The molecule has 1 aliphatic rings. The van der Waals surface area contributed by atoms with E-state index in [9.17, 15) is 18.4 Å². The smallest absolute Gasteiger partial charge is 0.408 e. The van der Waals surface area contributed by atoms with Gasteiger partial charge < -0.3 is 15.6 Å². The van der Waals surface area contributed by atoms with E-state index in [2.05, 4.69) is 4.74 Å². The zero-order valence-corrected chi connectivity index (χ0v) is 10.4. The summed E-state index contributed by atoms with van der Waals surface area (Å²) in [6, 6.07) is 0. The van der Waals surface area contributed by atoms with Gasteiger partial charge in [-0.3, -0.25) is 4.90 Å². The molecule has 8 heteroatoms. The first kappa shape index (κ1) is 15.4. The Hall–Kier alpha value is -1.70. The van der Waals surface area contributed by atoms with Crippen LogP contribution in [-0.4, -0.2) is 53.7 Å². The van der Waals surface area contributed by atoms with Crippen molar-refractivity contribution < 1.29 is 28.2 Å². The fraction of sp³-hybridized carbons (Fsp3) is 0.636. The predicted molar refractivity (Wildman–Crippen MR) is 61.9 cm³/mol. The van der Waals surface area contributed by atoms with Crippen LogP contribution in [0.4, 0.5) is 13.6 Å². The Labute approximate surface area is 108 Å². The first-order chi connectivity index (χ1) is 8.79. The summed E-state index contributed by atoms with van der Waals surface area (Å²) in [5.41, 5.74) is 3.34. The minimum absolute atomic E-state index is 0.167. The molecule has 1 fully saturated rings. The van der Waals surface area contributed by atoms with Crippen LogP contribution in [0.3, 0.4) is 0 Å². The highest BCUT2D eigenvalue weighted by atomic mass is 19.3. The van der Waals surface area contributed by atoms with Crippen molar-refractivity contribution >= 4 is 12.1 Å². The van der Waals surface area contributed by atoms with E-state index in [4.69, 9.17) is 10.8 Å². The van der Waals surface area contributed by atoms with Gasteiger partial charge in [0.05, 0.1) is 13.7 Å². The Balaban J connectivity index is 3.16. The Bertz CT molecular complexity index is 400. The van der Waals surface area contributed by atoms with Gasteiger partial charge in [-0.05, 0) is 6.42 Å². The second-order valence-corrected chi connectivity index (χ2v) is 4.34. The molecule has 0 aromatic rings. The van der Waals surface area contributed by atoms with Crippen LogP contribution in [0, 0.1) is 0 Å². The Kier molecular flexibility index (Phi) is 4.46. The van der Waals surface area contributed by atoms with Gasteiger partial charge in [0, 0.05) is 13.0 Å². The number of halogens is 2. The molecular weight excluding hydrogens is 262 g/mol. The number of carboxylic acid groups (broad SMARTS) is 1. The number of likely N-dealkylation sites (tertiary alicyclic amines) is 1. The van der Waals surface area contributed by atoms with Crippen molar-refractivity contribution in [1.29, 1.82) is 0 Å². The number of ether oxygens (including phenoxy) is 1. The van der Waals surface area contributed by atoms with Gasteiger partial charge in [-0.15, -0.1) is 0 Å². The van der Waals surface area contributed by atoms with E-state index in [1.165, 1.54) is 12.2 Å². The third-order valence-corrected chi connectivity index (χ3v) is 3.01.